The number of ether oxygens (including phenoxy) is 1. The molecule has 0 N–H and O–H groups in total. The molecular weight excluding hydrogens is 152 g/mol. The van der Waals surface area contributed by atoms with Gasteiger partial charge in [0.15, 0.2) is 0 Å². The van der Waals surface area contributed by atoms with Gasteiger partial charge >= 0.3 is 5.97 Å². The van der Waals surface area contributed by atoms with E-state index in [0.29, 0.717) is 6.61 Å². The Morgan fingerprint density at radius 3 is 2.50 bits per heavy atom. The molecule has 0 aliphatic rings. The lowest BCUT2D eigenvalue weighted by atomic mass is 10.1. The maximum atomic E-state index is 11.1. The average molecular weight is 170 g/mol. The second-order valence-electron chi connectivity index (χ2n) is 3.17. The van der Waals surface area contributed by atoms with E-state index in [1.807, 2.05) is 27.7 Å². The van der Waals surface area contributed by atoms with Crippen molar-refractivity contribution in [2.75, 3.05) is 6.61 Å². The Kier molecular flexibility index (Phi) is 5.43. The zero-order valence-electron chi connectivity index (χ0n) is 8.39. The lowest BCUT2D eigenvalue weighted by molar-refractivity contribution is -0.147. The highest BCUT2D eigenvalue weighted by molar-refractivity contribution is 5.72. The Bertz CT molecular complexity index is 167. The molecule has 0 aromatic rings. The van der Waals surface area contributed by atoms with Crippen molar-refractivity contribution in [3.63, 3.8) is 0 Å². The molecule has 0 aromatic heterocycles. The number of hydrogen-bond donors (Lipinski definition) is 0. The molecule has 0 heterocycles. The minimum Gasteiger partial charge on any atom is -0.466 e. The van der Waals surface area contributed by atoms with Crippen LogP contribution in [0.5, 0.6) is 0 Å². The summed E-state index contributed by atoms with van der Waals surface area (Å²) >= 11 is 0. The van der Waals surface area contributed by atoms with Gasteiger partial charge < -0.3 is 4.74 Å². The first-order valence-electron chi connectivity index (χ1n) is 4.38. The third-order valence-corrected chi connectivity index (χ3v) is 1.57. The van der Waals surface area contributed by atoms with Crippen molar-refractivity contribution in [3.8, 4) is 0 Å². The van der Waals surface area contributed by atoms with E-state index in [4.69, 9.17) is 4.74 Å². The van der Waals surface area contributed by atoms with E-state index in [2.05, 4.69) is 6.08 Å². The molecule has 12 heavy (non-hydrogen) atoms. The summed E-state index contributed by atoms with van der Waals surface area (Å²) in [5.74, 6) is -0.116. The summed E-state index contributed by atoms with van der Waals surface area (Å²) in [5, 5.41) is 0. The van der Waals surface area contributed by atoms with Gasteiger partial charge in [0.1, 0.15) is 0 Å². The SMILES string of the molecule is CCOC(=O)C(C)CC=C(C)C. The summed E-state index contributed by atoms with van der Waals surface area (Å²) in [6, 6.07) is 0. The number of allylic oxidation sites excluding steroid dienone is 2. The summed E-state index contributed by atoms with van der Waals surface area (Å²) < 4.78 is 4.87. The van der Waals surface area contributed by atoms with Crippen molar-refractivity contribution in [2.24, 2.45) is 5.92 Å². The molecule has 0 saturated carbocycles. The van der Waals surface area contributed by atoms with Gasteiger partial charge in [-0.25, -0.2) is 0 Å². The number of carbonyl (C=O) groups excluding carboxylic acids is 1. The van der Waals surface area contributed by atoms with Crippen LogP contribution in [0.3, 0.4) is 0 Å². The third kappa shape index (κ3) is 4.94. The fourth-order valence-electron chi connectivity index (χ4n) is 0.793. The predicted molar refractivity (Wildman–Crippen MR) is 49.8 cm³/mol. The molecule has 2 nitrogen and oxygen atoms in total. The van der Waals surface area contributed by atoms with Gasteiger partial charge in [-0.2, -0.15) is 0 Å². The minimum atomic E-state index is -0.102. The molecule has 0 fully saturated rings. The lowest BCUT2D eigenvalue weighted by Crippen LogP contribution is -2.13. The van der Waals surface area contributed by atoms with Gasteiger partial charge in [0.25, 0.3) is 0 Å². The van der Waals surface area contributed by atoms with Gasteiger partial charge in [-0.1, -0.05) is 18.6 Å². The van der Waals surface area contributed by atoms with Crippen molar-refractivity contribution in [1.82, 2.24) is 0 Å². The van der Waals surface area contributed by atoms with Crippen LogP contribution >= 0.6 is 0 Å². The Labute approximate surface area is 74.6 Å². The number of esters is 1. The first-order valence-corrected chi connectivity index (χ1v) is 4.38. The topological polar surface area (TPSA) is 26.3 Å². The molecule has 2 heteroatoms. The van der Waals surface area contributed by atoms with Crippen LogP contribution in [0.1, 0.15) is 34.1 Å². The highest BCUT2D eigenvalue weighted by Gasteiger charge is 2.11. The fourth-order valence-corrected chi connectivity index (χ4v) is 0.793. The number of rotatable bonds is 4. The molecule has 0 bridgehead atoms. The first kappa shape index (κ1) is 11.2. The lowest BCUT2D eigenvalue weighted by Gasteiger charge is -2.07. The predicted octanol–water partition coefficient (Wildman–Crippen LogP) is 2.54. The molecule has 0 amide bonds. The molecule has 0 saturated heterocycles. The van der Waals surface area contributed by atoms with Crippen LogP contribution < -0.4 is 0 Å². The molecule has 0 aliphatic carbocycles. The van der Waals surface area contributed by atoms with Crippen LogP contribution in [0.4, 0.5) is 0 Å². The zero-order chi connectivity index (χ0) is 9.56. The van der Waals surface area contributed by atoms with Crippen molar-refractivity contribution < 1.29 is 9.53 Å². The van der Waals surface area contributed by atoms with Crippen LogP contribution in [-0.4, -0.2) is 12.6 Å². The molecule has 0 spiro atoms. The van der Waals surface area contributed by atoms with E-state index in [-0.39, 0.29) is 11.9 Å². The first-order chi connectivity index (χ1) is 5.57. The molecule has 1 atom stereocenters. The largest absolute Gasteiger partial charge is 0.466 e. The van der Waals surface area contributed by atoms with Gasteiger partial charge in [-0.3, -0.25) is 4.79 Å². The van der Waals surface area contributed by atoms with Crippen LogP contribution in [-0.2, 0) is 9.53 Å². The highest BCUT2D eigenvalue weighted by Crippen LogP contribution is 2.07. The molecular formula is C10H18O2. The van der Waals surface area contributed by atoms with Crippen LogP contribution in [0.2, 0.25) is 0 Å². The van der Waals surface area contributed by atoms with Gasteiger partial charge in [0, 0.05) is 0 Å². The Balaban J connectivity index is 3.79. The quantitative estimate of drug-likeness (QED) is 0.478. The maximum absolute atomic E-state index is 11.1. The molecule has 0 rings (SSSR count). The summed E-state index contributed by atoms with van der Waals surface area (Å²) in [4.78, 5) is 11.1. The standard InChI is InChI=1S/C10H18O2/c1-5-12-10(11)9(4)7-6-8(2)3/h6,9H,5,7H2,1-4H3. The van der Waals surface area contributed by atoms with Gasteiger partial charge in [-0.05, 0) is 27.2 Å². The number of hydrogen-bond acceptors (Lipinski definition) is 2. The average Bonchev–Trinajstić information content (AvgIpc) is 2.00. The van der Waals surface area contributed by atoms with Gasteiger partial charge in [0.2, 0.25) is 0 Å². The summed E-state index contributed by atoms with van der Waals surface area (Å²) in [6.45, 7) is 8.23. The van der Waals surface area contributed by atoms with Crippen molar-refractivity contribution >= 4 is 5.97 Å². The smallest absolute Gasteiger partial charge is 0.308 e. The summed E-state index contributed by atoms with van der Waals surface area (Å²) in [5.41, 5.74) is 1.24. The fraction of sp³-hybridized carbons (Fsp3) is 0.700. The second kappa shape index (κ2) is 5.81. The van der Waals surface area contributed by atoms with Crippen molar-refractivity contribution in [1.29, 1.82) is 0 Å². The van der Waals surface area contributed by atoms with Crippen LogP contribution in [0, 0.1) is 5.92 Å². The van der Waals surface area contributed by atoms with Crippen molar-refractivity contribution in [2.45, 2.75) is 34.1 Å². The van der Waals surface area contributed by atoms with E-state index in [1.165, 1.54) is 5.57 Å². The van der Waals surface area contributed by atoms with E-state index in [9.17, 15) is 4.79 Å². The van der Waals surface area contributed by atoms with E-state index in [1.54, 1.807) is 0 Å². The van der Waals surface area contributed by atoms with E-state index in [0.717, 1.165) is 6.42 Å². The maximum Gasteiger partial charge on any atom is 0.308 e. The third-order valence-electron chi connectivity index (χ3n) is 1.57. The summed E-state index contributed by atoms with van der Waals surface area (Å²) in [6.07, 6.45) is 2.84. The molecule has 0 aromatic carbocycles. The highest BCUT2D eigenvalue weighted by atomic mass is 16.5. The number of carbonyl (C=O) groups is 1. The Morgan fingerprint density at radius 1 is 1.50 bits per heavy atom. The normalized spacial score (nSPS) is 12.0. The van der Waals surface area contributed by atoms with E-state index >= 15 is 0 Å². The molecule has 0 radical (unpaired) electrons. The zero-order valence-corrected chi connectivity index (χ0v) is 8.39. The molecule has 0 aliphatic heterocycles. The summed E-state index contributed by atoms with van der Waals surface area (Å²) in [7, 11) is 0. The molecule has 1 unspecified atom stereocenters. The van der Waals surface area contributed by atoms with Crippen molar-refractivity contribution in [3.05, 3.63) is 11.6 Å². The van der Waals surface area contributed by atoms with Gasteiger partial charge in [-0.15, -0.1) is 0 Å². The van der Waals surface area contributed by atoms with Gasteiger partial charge in [0.05, 0.1) is 12.5 Å². The monoisotopic (exact) mass is 170 g/mol. The molecule has 70 valence electrons. The van der Waals surface area contributed by atoms with Crippen LogP contribution in [0.25, 0.3) is 0 Å². The van der Waals surface area contributed by atoms with E-state index < -0.39 is 0 Å². The minimum absolute atomic E-state index is 0.0140. The second-order valence-corrected chi connectivity index (χ2v) is 3.17. The Morgan fingerprint density at radius 2 is 2.08 bits per heavy atom. The Hall–Kier alpha value is -0.790. The van der Waals surface area contributed by atoms with Crippen LogP contribution in [0.15, 0.2) is 11.6 Å².